The Kier molecular flexibility index (Phi) is 4.71. The van der Waals surface area contributed by atoms with E-state index < -0.39 is 5.97 Å². The van der Waals surface area contributed by atoms with E-state index in [9.17, 15) is 4.79 Å². The summed E-state index contributed by atoms with van der Waals surface area (Å²) < 4.78 is 4.59. The summed E-state index contributed by atoms with van der Waals surface area (Å²) in [5.74, 6) is 1.09. The van der Waals surface area contributed by atoms with Gasteiger partial charge in [-0.05, 0) is 25.2 Å². The number of hydrogen-bond acceptors (Lipinski definition) is 5. The molecule has 0 bridgehead atoms. The average molecular weight is 263 g/mol. The fraction of sp³-hybridized carbons (Fsp3) is 0.643. The van der Waals surface area contributed by atoms with E-state index in [1.165, 1.54) is 45.4 Å². The van der Waals surface area contributed by atoms with E-state index in [1.54, 1.807) is 6.20 Å². The van der Waals surface area contributed by atoms with Crippen molar-refractivity contribution in [3.63, 3.8) is 0 Å². The predicted molar refractivity (Wildman–Crippen MR) is 73.0 cm³/mol. The first-order valence-corrected chi connectivity index (χ1v) is 6.86. The van der Waals surface area contributed by atoms with Crippen LogP contribution in [0.25, 0.3) is 0 Å². The van der Waals surface area contributed by atoms with Gasteiger partial charge in [0.05, 0.1) is 19.5 Å². The molecule has 5 nitrogen and oxygen atoms in total. The van der Waals surface area contributed by atoms with Crippen molar-refractivity contribution in [1.29, 1.82) is 0 Å². The Morgan fingerprint density at radius 2 is 2.11 bits per heavy atom. The molecule has 1 aromatic rings. The highest BCUT2D eigenvalue weighted by Gasteiger charge is 2.16. The lowest BCUT2D eigenvalue weighted by Gasteiger charge is -2.16. The largest absolute Gasteiger partial charge is 0.464 e. The van der Waals surface area contributed by atoms with Gasteiger partial charge in [-0.1, -0.05) is 19.8 Å². The van der Waals surface area contributed by atoms with Gasteiger partial charge >= 0.3 is 5.97 Å². The molecule has 1 heterocycles. The Morgan fingerprint density at radius 3 is 2.79 bits per heavy atom. The minimum atomic E-state index is -0.456. The zero-order valence-corrected chi connectivity index (χ0v) is 11.6. The lowest BCUT2D eigenvalue weighted by atomic mass is 10.0. The van der Waals surface area contributed by atoms with Gasteiger partial charge < -0.3 is 10.1 Å². The molecule has 1 aliphatic carbocycles. The molecule has 1 aliphatic rings. The number of nitrogens with one attached hydrogen (secondary N) is 1. The van der Waals surface area contributed by atoms with Crippen molar-refractivity contribution in [3.8, 4) is 0 Å². The van der Waals surface area contributed by atoms with Gasteiger partial charge in [-0.25, -0.2) is 14.8 Å². The van der Waals surface area contributed by atoms with Crippen molar-refractivity contribution in [2.45, 2.75) is 45.1 Å². The van der Waals surface area contributed by atoms with Crippen LogP contribution in [0, 0.1) is 5.92 Å². The number of aromatic nitrogens is 2. The number of hydrogen-bond donors (Lipinski definition) is 1. The average Bonchev–Trinajstić information content (AvgIpc) is 2.64. The molecule has 2 atom stereocenters. The second-order valence-electron chi connectivity index (χ2n) is 5.23. The first-order valence-electron chi connectivity index (χ1n) is 6.86. The highest BCUT2D eigenvalue weighted by atomic mass is 16.5. The van der Waals surface area contributed by atoms with Crippen LogP contribution >= 0.6 is 0 Å². The van der Waals surface area contributed by atoms with E-state index in [1.807, 2.05) is 0 Å². The summed E-state index contributed by atoms with van der Waals surface area (Å²) in [7, 11) is 1.34. The van der Waals surface area contributed by atoms with E-state index in [0.29, 0.717) is 6.04 Å². The number of carbonyl (C=O) groups excluding carboxylic acids is 1. The molecular formula is C14H21N3O2. The molecule has 2 rings (SSSR count). The van der Waals surface area contributed by atoms with Gasteiger partial charge in [-0.15, -0.1) is 0 Å². The minimum absolute atomic E-state index is 0.238. The third-order valence-corrected chi connectivity index (χ3v) is 3.66. The molecular weight excluding hydrogens is 242 g/mol. The SMILES string of the molecule is COC(=O)c1cnc(NC2CCCC(C)CC2)cn1. The summed E-state index contributed by atoms with van der Waals surface area (Å²) in [6, 6.07) is 0.461. The molecule has 0 spiro atoms. The lowest BCUT2D eigenvalue weighted by molar-refractivity contribution is 0.0593. The fourth-order valence-electron chi connectivity index (χ4n) is 2.45. The van der Waals surface area contributed by atoms with E-state index >= 15 is 0 Å². The fourth-order valence-corrected chi connectivity index (χ4v) is 2.45. The Bertz CT molecular complexity index is 419. The molecule has 0 saturated heterocycles. The van der Waals surface area contributed by atoms with Crippen LogP contribution in [0.15, 0.2) is 12.4 Å². The van der Waals surface area contributed by atoms with Gasteiger partial charge in [0.15, 0.2) is 5.69 Å². The molecule has 1 aromatic heterocycles. The molecule has 1 N–H and O–H groups in total. The van der Waals surface area contributed by atoms with E-state index in [0.717, 1.165) is 11.7 Å². The van der Waals surface area contributed by atoms with Gasteiger partial charge in [0, 0.05) is 6.04 Å². The molecule has 0 radical (unpaired) electrons. The summed E-state index contributed by atoms with van der Waals surface area (Å²) in [6.45, 7) is 2.31. The van der Waals surface area contributed by atoms with E-state index in [2.05, 4.69) is 26.9 Å². The second kappa shape index (κ2) is 6.50. The van der Waals surface area contributed by atoms with Crippen LogP contribution in [-0.2, 0) is 4.74 Å². The molecule has 1 fully saturated rings. The third kappa shape index (κ3) is 3.91. The maximum absolute atomic E-state index is 11.3. The molecule has 5 heteroatoms. The number of carbonyl (C=O) groups is 1. The Balaban J connectivity index is 1.93. The van der Waals surface area contributed by atoms with Crippen LogP contribution in [0.3, 0.4) is 0 Å². The summed E-state index contributed by atoms with van der Waals surface area (Å²) in [4.78, 5) is 19.5. The molecule has 104 valence electrons. The number of methoxy groups -OCH3 is 1. The Labute approximate surface area is 113 Å². The number of esters is 1. The second-order valence-corrected chi connectivity index (χ2v) is 5.23. The molecule has 0 amide bonds. The van der Waals surface area contributed by atoms with Crippen molar-refractivity contribution in [2.24, 2.45) is 5.92 Å². The van der Waals surface area contributed by atoms with Crippen molar-refractivity contribution < 1.29 is 9.53 Å². The molecule has 1 saturated carbocycles. The molecule has 0 aliphatic heterocycles. The summed E-state index contributed by atoms with van der Waals surface area (Å²) in [5, 5.41) is 3.40. The smallest absolute Gasteiger partial charge is 0.358 e. The predicted octanol–water partition coefficient (Wildman–Crippen LogP) is 2.64. The number of nitrogens with zero attached hydrogens (tertiary/aromatic N) is 2. The standard InChI is InChI=1S/C14H21N3O2/c1-10-4-3-5-11(7-6-10)17-13-9-15-12(8-16-13)14(18)19-2/h8-11H,3-7H2,1-2H3,(H,16,17). The maximum atomic E-state index is 11.3. The monoisotopic (exact) mass is 263 g/mol. The van der Waals surface area contributed by atoms with E-state index in [-0.39, 0.29) is 5.69 Å². The topological polar surface area (TPSA) is 64.1 Å². The zero-order chi connectivity index (χ0) is 13.7. The van der Waals surface area contributed by atoms with Crippen LogP contribution < -0.4 is 5.32 Å². The normalized spacial score (nSPS) is 23.5. The lowest BCUT2D eigenvalue weighted by Crippen LogP contribution is -2.19. The molecule has 19 heavy (non-hydrogen) atoms. The van der Waals surface area contributed by atoms with Gasteiger partial charge in [-0.3, -0.25) is 0 Å². The highest BCUT2D eigenvalue weighted by molar-refractivity contribution is 5.86. The van der Waals surface area contributed by atoms with Crippen molar-refractivity contribution in [2.75, 3.05) is 12.4 Å². The van der Waals surface area contributed by atoms with Crippen LogP contribution in [0.1, 0.15) is 49.5 Å². The first kappa shape index (κ1) is 13.8. The first-order chi connectivity index (χ1) is 9.19. The zero-order valence-electron chi connectivity index (χ0n) is 11.6. The van der Waals surface area contributed by atoms with Gasteiger partial charge in [0.25, 0.3) is 0 Å². The maximum Gasteiger partial charge on any atom is 0.358 e. The van der Waals surface area contributed by atoms with Crippen molar-refractivity contribution in [3.05, 3.63) is 18.1 Å². The van der Waals surface area contributed by atoms with Crippen LogP contribution in [0.2, 0.25) is 0 Å². The summed E-state index contributed by atoms with van der Waals surface area (Å²) in [5.41, 5.74) is 0.238. The molecule has 0 aromatic carbocycles. The van der Waals surface area contributed by atoms with Crippen molar-refractivity contribution in [1.82, 2.24) is 9.97 Å². The summed E-state index contributed by atoms with van der Waals surface area (Å²) >= 11 is 0. The van der Waals surface area contributed by atoms with Gasteiger partial charge in [0.2, 0.25) is 0 Å². The Morgan fingerprint density at radius 1 is 1.26 bits per heavy atom. The highest BCUT2D eigenvalue weighted by Crippen LogP contribution is 2.24. The van der Waals surface area contributed by atoms with Crippen molar-refractivity contribution >= 4 is 11.8 Å². The van der Waals surface area contributed by atoms with Crippen LogP contribution in [0.5, 0.6) is 0 Å². The van der Waals surface area contributed by atoms with Crippen LogP contribution in [0.4, 0.5) is 5.82 Å². The van der Waals surface area contributed by atoms with E-state index in [4.69, 9.17) is 0 Å². The van der Waals surface area contributed by atoms with Gasteiger partial charge in [0.1, 0.15) is 5.82 Å². The molecule has 2 unspecified atom stereocenters. The number of ether oxygens (including phenoxy) is 1. The third-order valence-electron chi connectivity index (χ3n) is 3.66. The quantitative estimate of drug-likeness (QED) is 0.671. The van der Waals surface area contributed by atoms with Gasteiger partial charge in [-0.2, -0.15) is 0 Å². The van der Waals surface area contributed by atoms with Crippen LogP contribution in [-0.4, -0.2) is 29.1 Å². The number of anilines is 1. The minimum Gasteiger partial charge on any atom is -0.464 e. The number of rotatable bonds is 3. The Hall–Kier alpha value is -1.65. The summed E-state index contributed by atoms with van der Waals surface area (Å²) in [6.07, 6.45) is 9.21.